The number of benzene rings is 2. The predicted molar refractivity (Wildman–Crippen MR) is 83.8 cm³/mol. The number of ether oxygens (including phenoxy) is 2. The fourth-order valence-corrected chi connectivity index (χ4v) is 2.33. The fourth-order valence-electron chi connectivity index (χ4n) is 1.87. The molecule has 106 valence electrons. The molecule has 4 nitrogen and oxygen atoms in total. The summed E-state index contributed by atoms with van der Waals surface area (Å²) in [5.74, 6) is 1.02. The average Bonchev–Trinajstić information content (AvgIpc) is 2.46. The third kappa shape index (κ3) is 2.44. The van der Waals surface area contributed by atoms with Crippen LogP contribution in [0, 0.1) is 0 Å². The number of anilines is 2. The van der Waals surface area contributed by atoms with E-state index >= 15 is 0 Å². The van der Waals surface area contributed by atoms with E-state index in [2.05, 4.69) is 0 Å². The second kappa shape index (κ2) is 5.69. The minimum Gasteiger partial charge on any atom is -0.495 e. The van der Waals surface area contributed by atoms with Gasteiger partial charge in [0.05, 0.1) is 35.6 Å². The molecule has 0 saturated carbocycles. The lowest BCUT2D eigenvalue weighted by Gasteiger charge is -2.14. The second-order valence-electron chi connectivity index (χ2n) is 4.12. The highest BCUT2D eigenvalue weighted by atomic mass is 35.5. The molecule has 0 aromatic heterocycles. The van der Waals surface area contributed by atoms with Gasteiger partial charge in [-0.3, -0.25) is 0 Å². The predicted octanol–water partition coefficient (Wildman–Crippen LogP) is 3.84. The molecule has 0 atom stereocenters. The summed E-state index contributed by atoms with van der Waals surface area (Å²) in [5.41, 5.74) is 14.0. The van der Waals surface area contributed by atoms with E-state index in [0.717, 1.165) is 5.56 Å². The third-order valence-corrected chi connectivity index (χ3v) is 3.85. The van der Waals surface area contributed by atoms with Crippen LogP contribution in [0.25, 0.3) is 11.1 Å². The topological polar surface area (TPSA) is 70.5 Å². The zero-order valence-corrected chi connectivity index (χ0v) is 12.5. The molecule has 20 heavy (non-hydrogen) atoms. The van der Waals surface area contributed by atoms with Crippen molar-refractivity contribution in [2.24, 2.45) is 0 Å². The standard InChI is InChI=1S/C14H14Cl2N2O2/c1-19-10-5-7(3-4-9(10)17)8-6-11(20-2)14(18)13(16)12(8)15/h3-6H,17-18H2,1-2H3. The molecule has 2 aromatic carbocycles. The van der Waals surface area contributed by atoms with Crippen LogP contribution in [0.4, 0.5) is 11.4 Å². The molecule has 0 amide bonds. The Labute approximate surface area is 127 Å². The lowest BCUT2D eigenvalue weighted by atomic mass is 10.0. The molecule has 0 fully saturated rings. The van der Waals surface area contributed by atoms with Gasteiger partial charge in [0.1, 0.15) is 11.5 Å². The summed E-state index contributed by atoms with van der Waals surface area (Å²) in [7, 11) is 3.07. The van der Waals surface area contributed by atoms with Crippen LogP contribution in [0.3, 0.4) is 0 Å². The Morgan fingerprint density at radius 1 is 0.900 bits per heavy atom. The smallest absolute Gasteiger partial charge is 0.144 e. The zero-order chi connectivity index (χ0) is 14.9. The van der Waals surface area contributed by atoms with E-state index in [1.165, 1.54) is 7.11 Å². The van der Waals surface area contributed by atoms with Gasteiger partial charge in [0.15, 0.2) is 0 Å². The van der Waals surface area contributed by atoms with Crippen molar-refractivity contribution >= 4 is 34.6 Å². The van der Waals surface area contributed by atoms with Crippen LogP contribution in [0.15, 0.2) is 24.3 Å². The van der Waals surface area contributed by atoms with Crippen LogP contribution in [0.2, 0.25) is 10.0 Å². The highest BCUT2D eigenvalue weighted by molar-refractivity contribution is 6.45. The molecule has 0 unspecified atom stereocenters. The Balaban J connectivity index is 2.66. The van der Waals surface area contributed by atoms with Gasteiger partial charge in [0, 0.05) is 5.56 Å². The zero-order valence-electron chi connectivity index (χ0n) is 11.0. The molecule has 4 N–H and O–H groups in total. The van der Waals surface area contributed by atoms with Gasteiger partial charge in [0.25, 0.3) is 0 Å². The van der Waals surface area contributed by atoms with Crippen LogP contribution in [-0.2, 0) is 0 Å². The molecule has 2 aromatic rings. The van der Waals surface area contributed by atoms with Gasteiger partial charge in [-0.25, -0.2) is 0 Å². The number of halogens is 2. The monoisotopic (exact) mass is 312 g/mol. The number of methoxy groups -OCH3 is 2. The molecule has 0 aliphatic heterocycles. The first-order valence-electron chi connectivity index (χ1n) is 5.75. The van der Waals surface area contributed by atoms with Gasteiger partial charge in [-0.2, -0.15) is 0 Å². The van der Waals surface area contributed by atoms with Crippen molar-refractivity contribution in [2.45, 2.75) is 0 Å². The molecule has 0 aliphatic carbocycles. The van der Waals surface area contributed by atoms with Crippen LogP contribution in [0.5, 0.6) is 11.5 Å². The van der Waals surface area contributed by atoms with Crippen LogP contribution >= 0.6 is 23.2 Å². The highest BCUT2D eigenvalue weighted by Gasteiger charge is 2.16. The summed E-state index contributed by atoms with van der Waals surface area (Å²) in [6, 6.07) is 7.07. The summed E-state index contributed by atoms with van der Waals surface area (Å²) >= 11 is 12.4. The Bertz CT molecular complexity index is 660. The van der Waals surface area contributed by atoms with Gasteiger partial charge in [0.2, 0.25) is 0 Å². The van der Waals surface area contributed by atoms with Crippen molar-refractivity contribution < 1.29 is 9.47 Å². The van der Waals surface area contributed by atoms with Gasteiger partial charge in [-0.1, -0.05) is 29.3 Å². The van der Waals surface area contributed by atoms with Crippen molar-refractivity contribution in [3.05, 3.63) is 34.3 Å². The second-order valence-corrected chi connectivity index (χ2v) is 4.88. The van der Waals surface area contributed by atoms with Crippen molar-refractivity contribution in [3.63, 3.8) is 0 Å². The Morgan fingerprint density at radius 2 is 1.55 bits per heavy atom. The SMILES string of the molecule is COc1cc(-c2cc(OC)c(N)c(Cl)c2Cl)ccc1N. The van der Waals surface area contributed by atoms with Crippen LogP contribution < -0.4 is 20.9 Å². The first kappa shape index (κ1) is 14.6. The number of hydrogen-bond acceptors (Lipinski definition) is 4. The number of nitrogens with two attached hydrogens (primary N) is 2. The molecule has 0 heterocycles. The molecule has 0 bridgehead atoms. The average molecular weight is 313 g/mol. The normalized spacial score (nSPS) is 10.4. The molecule has 6 heteroatoms. The van der Waals surface area contributed by atoms with Gasteiger partial charge >= 0.3 is 0 Å². The van der Waals surface area contributed by atoms with E-state index in [-0.39, 0.29) is 5.02 Å². The van der Waals surface area contributed by atoms with Crippen LogP contribution in [0.1, 0.15) is 0 Å². The largest absolute Gasteiger partial charge is 0.495 e. The molecule has 2 rings (SSSR count). The lowest BCUT2D eigenvalue weighted by Crippen LogP contribution is -1.96. The molecular weight excluding hydrogens is 299 g/mol. The summed E-state index contributed by atoms with van der Waals surface area (Å²) in [6.45, 7) is 0. The van der Waals surface area contributed by atoms with Crippen molar-refractivity contribution in [3.8, 4) is 22.6 Å². The fraction of sp³-hybridized carbons (Fsp3) is 0.143. The van der Waals surface area contributed by atoms with E-state index in [4.69, 9.17) is 44.1 Å². The molecule has 0 radical (unpaired) electrons. The van der Waals surface area contributed by atoms with E-state index in [9.17, 15) is 0 Å². The van der Waals surface area contributed by atoms with Crippen LogP contribution in [-0.4, -0.2) is 14.2 Å². The van der Waals surface area contributed by atoms with Gasteiger partial charge < -0.3 is 20.9 Å². The van der Waals surface area contributed by atoms with E-state index < -0.39 is 0 Å². The van der Waals surface area contributed by atoms with Crippen molar-refractivity contribution in [1.82, 2.24) is 0 Å². The minimum absolute atomic E-state index is 0.261. The highest BCUT2D eigenvalue weighted by Crippen LogP contribution is 2.43. The summed E-state index contributed by atoms with van der Waals surface area (Å²) in [4.78, 5) is 0. The molecular formula is C14H14Cl2N2O2. The number of rotatable bonds is 3. The summed E-state index contributed by atoms with van der Waals surface area (Å²) in [6.07, 6.45) is 0. The van der Waals surface area contributed by atoms with Gasteiger partial charge in [-0.05, 0) is 23.8 Å². The van der Waals surface area contributed by atoms with Gasteiger partial charge in [-0.15, -0.1) is 0 Å². The molecule has 0 saturated heterocycles. The Kier molecular flexibility index (Phi) is 4.16. The lowest BCUT2D eigenvalue weighted by molar-refractivity contribution is 0.416. The number of nitrogen functional groups attached to an aromatic ring is 2. The van der Waals surface area contributed by atoms with E-state index in [1.807, 2.05) is 6.07 Å². The Morgan fingerprint density at radius 3 is 2.15 bits per heavy atom. The third-order valence-electron chi connectivity index (χ3n) is 2.97. The minimum atomic E-state index is 0.261. The molecule has 0 spiro atoms. The van der Waals surface area contributed by atoms with Crippen molar-refractivity contribution in [1.29, 1.82) is 0 Å². The maximum absolute atomic E-state index is 6.26. The first-order valence-corrected chi connectivity index (χ1v) is 6.50. The first-order chi connectivity index (χ1) is 9.49. The van der Waals surface area contributed by atoms with Crippen molar-refractivity contribution in [2.75, 3.05) is 25.7 Å². The number of hydrogen-bond donors (Lipinski definition) is 2. The summed E-state index contributed by atoms with van der Waals surface area (Å²) in [5, 5.41) is 0.619. The van der Waals surface area contributed by atoms with E-state index in [1.54, 1.807) is 25.3 Å². The maximum Gasteiger partial charge on any atom is 0.144 e. The quantitative estimate of drug-likeness (QED) is 0.845. The molecule has 0 aliphatic rings. The summed E-state index contributed by atoms with van der Waals surface area (Å²) < 4.78 is 10.4. The van der Waals surface area contributed by atoms with E-state index in [0.29, 0.717) is 33.5 Å². The maximum atomic E-state index is 6.26. The Hall–Kier alpha value is -1.78.